The monoisotopic (exact) mass is 333 g/mol. The number of benzene rings is 1. The summed E-state index contributed by atoms with van der Waals surface area (Å²) in [5.74, 6) is -0.191. The number of hydrogen-bond donors (Lipinski definition) is 3. The summed E-state index contributed by atoms with van der Waals surface area (Å²) in [6.07, 6.45) is 0.771. The molecule has 0 radical (unpaired) electrons. The van der Waals surface area contributed by atoms with E-state index in [0.29, 0.717) is 13.1 Å². The summed E-state index contributed by atoms with van der Waals surface area (Å²) in [6, 6.07) is 7.91. The van der Waals surface area contributed by atoms with Crippen LogP contribution >= 0.6 is 11.3 Å². The lowest BCUT2D eigenvalue weighted by atomic mass is 10.0. The van der Waals surface area contributed by atoms with Crippen LogP contribution in [-0.2, 0) is 11.2 Å². The molecule has 0 unspecified atom stereocenters. The molecular formula is C17H23N3O2S. The summed E-state index contributed by atoms with van der Waals surface area (Å²) in [7, 11) is 0. The van der Waals surface area contributed by atoms with Crippen LogP contribution in [0.1, 0.15) is 26.3 Å². The molecule has 1 aromatic carbocycles. The molecule has 0 bridgehead atoms. The Morgan fingerprint density at radius 1 is 1.17 bits per heavy atom. The SMILES string of the molecule is CCNC(=O)NC(C)(C)C(=O)NCCc1csc2ccccc12. The summed E-state index contributed by atoms with van der Waals surface area (Å²) in [5.41, 5.74) is 0.288. The van der Waals surface area contributed by atoms with Crippen LogP contribution in [0.2, 0.25) is 0 Å². The minimum absolute atomic E-state index is 0.191. The lowest BCUT2D eigenvalue weighted by Crippen LogP contribution is -2.57. The van der Waals surface area contributed by atoms with Crippen molar-refractivity contribution in [3.05, 3.63) is 35.2 Å². The van der Waals surface area contributed by atoms with Gasteiger partial charge in [0, 0.05) is 17.8 Å². The van der Waals surface area contributed by atoms with E-state index in [9.17, 15) is 9.59 Å². The van der Waals surface area contributed by atoms with Crippen LogP contribution in [-0.4, -0.2) is 30.6 Å². The molecule has 0 fully saturated rings. The number of nitrogens with one attached hydrogen (secondary N) is 3. The molecule has 0 aliphatic rings. The van der Waals surface area contributed by atoms with Gasteiger partial charge >= 0.3 is 6.03 Å². The fourth-order valence-electron chi connectivity index (χ4n) is 2.30. The Kier molecular flexibility index (Phi) is 5.60. The highest BCUT2D eigenvalue weighted by molar-refractivity contribution is 7.17. The molecule has 23 heavy (non-hydrogen) atoms. The molecule has 3 amide bonds. The number of thiophene rings is 1. The van der Waals surface area contributed by atoms with Crippen molar-refractivity contribution in [3.8, 4) is 0 Å². The molecule has 5 nitrogen and oxygen atoms in total. The van der Waals surface area contributed by atoms with E-state index in [1.807, 2.05) is 19.1 Å². The molecule has 0 atom stereocenters. The van der Waals surface area contributed by atoms with Gasteiger partial charge in [0.15, 0.2) is 0 Å². The molecule has 0 saturated heterocycles. The van der Waals surface area contributed by atoms with Gasteiger partial charge in [-0.25, -0.2) is 4.79 Å². The van der Waals surface area contributed by atoms with E-state index >= 15 is 0 Å². The average Bonchev–Trinajstić information content (AvgIpc) is 2.90. The third kappa shape index (κ3) is 4.45. The Hall–Kier alpha value is -2.08. The molecule has 0 aliphatic carbocycles. The van der Waals surface area contributed by atoms with E-state index in [-0.39, 0.29) is 11.9 Å². The van der Waals surface area contributed by atoms with Crippen molar-refractivity contribution in [2.24, 2.45) is 0 Å². The minimum Gasteiger partial charge on any atom is -0.354 e. The predicted octanol–water partition coefficient (Wildman–Crippen LogP) is 2.66. The number of amides is 3. The Labute approximate surface area is 140 Å². The Morgan fingerprint density at radius 3 is 2.65 bits per heavy atom. The summed E-state index contributed by atoms with van der Waals surface area (Å²) in [5, 5.41) is 11.6. The van der Waals surface area contributed by atoms with Gasteiger partial charge in [-0.2, -0.15) is 0 Å². The second-order valence-corrected chi connectivity index (χ2v) is 6.78. The van der Waals surface area contributed by atoms with E-state index in [1.165, 1.54) is 15.6 Å². The quantitative estimate of drug-likeness (QED) is 0.760. The van der Waals surface area contributed by atoms with Crippen molar-refractivity contribution in [2.45, 2.75) is 32.7 Å². The van der Waals surface area contributed by atoms with Crippen molar-refractivity contribution < 1.29 is 9.59 Å². The van der Waals surface area contributed by atoms with Crippen molar-refractivity contribution >= 4 is 33.4 Å². The summed E-state index contributed by atoms with van der Waals surface area (Å²) >= 11 is 1.71. The molecule has 2 rings (SSSR count). The first-order chi connectivity index (χ1) is 10.9. The van der Waals surface area contributed by atoms with Crippen LogP contribution < -0.4 is 16.0 Å². The Morgan fingerprint density at radius 2 is 1.91 bits per heavy atom. The zero-order chi connectivity index (χ0) is 16.9. The minimum atomic E-state index is -0.948. The van der Waals surface area contributed by atoms with Crippen molar-refractivity contribution in [1.29, 1.82) is 0 Å². The third-order valence-electron chi connectivity index (χ3n) is 3.57. The zero-order valence-electron chi connectivity index (χ0n) is 13.7. The molecule has 1 heterocycles. The van der Waals surface area contributed by atoms with E-state index in [2.05, 4.69) is 33.5 Å². The molecule has 0 aliphatic heterocycles. The van der Waals surface area contributed by atoms with Gasteiger partial charge in [0.2, 0.25) is 5.91 Å². The summed E-state index contributed by atoms with van der Waals surface area (Å²) in [6.45, 7) is 6.28. The molecular weight excluding hydrogens is 310 g/mol. The van der Waals surface area contributed by atoms with Gasteiger partial charge in [-0.1, -0.05) is 18.2 Å². The number of carbonyl (C=O) groups excluding carboxylic acids is 2. The van der Waals surface area contributed by atoms with Crippen molar-refractivity contribution in [1.82, 2.24) is 16.0 Å². The predicted molar refractivity (Wildman–Crippen MR) is 94.8 cm³/mol. The van der Waals surface area contributed by atoms with Gasteiger partial charge in [-0.05, 0) is 49.6 Å². The van der Waals surface area contributed by atoms with Crippen molar-refractivity contribution in [3.63, 3.8) is 0 Å². The molecule has 2 aromatic rings. The van der Waals surface area contributed by atoms with E-state index < -0.39 is 5.54 Å². The van der Waals surface area contributed by atoms with Gasteiger partial charge in [-0.15, -0.1) is 11.3 Å². The van der Waals surface area contributed by atoms with Crippen LogP contribution in [0.5, 0.6) is 0 Å². The highest BCUT2D eigenvalue weighted by atomic mass is 32.1. The summed E-state index contributed by atoms with van der Waals surface area (Å²) in [4.78, 5) is 23.8. The zero-order valence-corrected chi connectivity index (χ0v) is 14.5. The van der Waals surface area contributed by atoms with Gasteiger partial charge < -0.3 is 16.0 Å². The van der Waals surface area contributed by atoms with E-state index in [1.54, 1.807) is 25.2 Å². The highest BCUT2D eigenvalue weighted by Gasteiger charge is 2.28. The first kappa shape index (κ1) is 17.3. The maximum absolute atomic E-state index is 12.2. The van der Waals surface area contributed by atoms with Gasteiger partial charge in [0.25, 0.3) is 0 Å². The van der Waals surface area contributed by atoms with E-state index in [4.69, 9.17) is 0 Å². The van der Waals surface area contributed by atoms with Crippen LogP contribution in [0.3, 0.4) is 0 Å². The smallest absolute Gasteiger partial charge is 0.315 e. The van der Waals surface area contributed by atoms with Crippen LogP contribution in [0, 0.1) is 0 Å². The second-order valence-electron chi connectivity index (χ2n) is 5.87. The van der Waals surface area contributed by atoms with E-state index in [0.717, 1.165) is 6.42 Å². The van der Waals surface area contributed by atoms with Gasteiger partial charge in [0.05, 0.1) is 0 Å². The maximum Gasteiger partial charge on any atom is 0.315 e. The normalized spacial score (nSPS) is 11.3. The van der Waals surface area contributed by atoms with Crippen LogP contribution in [0.25, 0.3) is 10.1 Å². The number of urea groups is 1. The van der Waals surface area contributed by atoms with Gasteiger partial charge in [0.1, 0.15) is 5.54 Å². The highest BCUT2D eigenvalue weighted by Crippen LogP contribution is 2.25. The first-order valence-corrected chi connectivity index (χ1v) is 8.61. The number of rotatable bonds is 6. The maximum atomic E-state index is 12.2. The Balaban J connectivity index is 1.87. The molecule has 1 aromatic heterocycles. The molecule has 0 spiro atoms. The molecule has 0 saturated carbocycles. The Bertz CT molecular complexity index is 694. The van der Waals surface area contributed by atoms with Crippen LogP contribution in [0.15, 0.2) is 29.6 Å². The third-order valence-corrected chi connectivity index (χ3v) is 4.58. The first-order valence-electron chi connectivity index (χ1n) is 7.73. The number of fused-ring (bicyclic) bond motifs is 1. The van der Waals surface area contributed by atoms with Gasteiger partial charge in [-0.3, -0.25) is 4.79 Å². The topological polar surface area (TPSA) is 70.2 Å². The van der Waals surface area contributed by atoms with Crippen LogP contribution in [0.4, 0.5) is 4.79 Å². The second kappa shape index (κ2) is 7.46. The standard InChI is InChI=1S/C17H23N3O2S/c1-4-18-16(22)20-17(2,3)15(21)19-10-9-12-11-23-14-8-6-5-7-13(12)14/h5-8,11H,4,9-10H2,1-3H3,(H,19,21)(H2,18,20,22). The fraction of sp³-hybridized carbons (Fsp3) is 0.412. The number of carbonyl (C=O) groups is 2. The van der Waals surface area contributed by atoms with Crippen molar-refractivity contribution in [2.75, 3.05) is 13.1 Å². The fourth-order valence-corrected chi connectivity index (χ4v) is 3.30. The largest absolute Gasteiger partial charge is 0.354 e. The average molecular weight is 333 g/mol. The lowest BCUT2D eigenvalue weighted by Gasteiger charge is -2.25. The summed E-state index contributed by atoms with van der Waals surface area (Å²) < 4.78 is 1.26. The number of hydrogen-bond acceptors (Lipinski definition) is 3. The molecule has 124 valence electrons. The lowest BCUT2D eigenvalue weighted by molar-refractivity contribution is -0.126. The molecule has 3 N–H and O–H groups in total. The molecule has 6 heteroatoms.